The number of rotatable bonds is 6. The quantitative estimate of drug-likeness (QED) is 0.571. The number of aliphatic carboxylic acids is 1. The molecule has 2 aromatic rings. The van der Waals surface area contributed by atoms with Crippen molar-refractivity contribution in [2.24, 2.45) is 11.8 Å². The van der Waals surface area contributed by atoms with Gasteiger partial charge in [0.05, 0.1) is 5.92 Å². The van der Waals surface area contributed by atoms with Crippen LogP contribution in [0.15, 0.2) is 48.5 Å². The average Bonchev–Trinajstić information content (AvgIpc) is 3.46. The Labute approximate surface area is 205 Å². The zero-order valence-electron chi connectivity index (χ0n) is 19.7. The fourth-order valence-corrected chi connectivity index (χ4v) is 6.02. The van der Waals surface area contributed by atoms with Crippen molar-refractivity contribution in [2.75, 3.05) is 6.61 Å². The van der Waals surface area contributed by atoms with E-state index in [9.17, 15) is 19.5 Å². The lowest BCUT2D eigenvalue weighted by Gasteiger charge is -2.28. The highest BCUT2D eigenvalue weighted by Gasteiger charge is 2.34. The second kappa shape index (κ2) is 10.1. The first-order valence-corrected chi connectivity index (χ1v) is 12.6. The summed E-state index contributed by atoms with van der Waals surface area (Å²) in [5, 5.41) is 15.3. The zero-order valence-corrected chi connectivity index (χ0v) is 19.7. The third-order valence-corrected chi connectivity index (χ3v) is 7.84. The van der Waals surface area contributed by atoms with Gasteiger partial charge in [0, 0.05) is 23.9 Å². The monoisotopic (exact) mass is 476 g/mol. The molecule has 0 aromatic heterocycles. The minimum atomic E-state index is -0.780. The van der Waals surface area contributed by atoms with Crippen LogP contribution < -0.4 is 10.6 Å². The summed E-state index contributed by atoms with van der Waals surface area (Å²) in [6, 6.07) is 16.3. The molecule has 3 N–H and O–H groups in total. The molecule has 2 aromatic carbocycles. The van der Waals surface area contributed by atoms with Gasteiger partial charge in [-0.2, -0.15) is 0 Å². The number of fused-ring (bicyclic) bond motifs is 3. The zero-order chi connectivity index (χ0) is 24.4. The number of hydrogen-bond donors (Lipinski definition) is 3. The first-order chi connectivity index (χ1) is 17.0. The summed E-state index contributed by atoms with van der Waals surface area (Å²) in [6.45, 7) is 0.267. The Morgan fingerprint density at radius 3 is 2.11 bits per heavy atom. The lowest BCUT2D eigenvalue weighted by molar-refractivity contribution is -0.143. The van der Waals surface area contributed by atoms with Crippen molar-refractivity contribution >= 4 is 18.0 Å². The number of nitrogens with one attached hydrogen (secondary N) is 2. The molecule has 0 saturated heterocycles. The second-order valence-corrected chi connectivity index (χ2v) is 10.1. The molecule has 7 nitrogen and oxygen atoms in total. The van der Waals surface area contributed by atoms with Crippen molar-refractivity contribution in [1.29, 1.82) is 0 Å². The Hall–Kier alpha value is -3.35. The molecule has 0 radical (unpaired) electrons. The summed E-state index contributed by atoms with van der Waals surface area (Å²) >= 11 is 0. The van der Waals surface area contributed by atoms with Gasteiger partial charge >= 0.3 is 12.1 Å². The number of ether oxygens (including phenoxy) is 1. The van der Waals surface area contributed by atoms with E-state index in [2.05, 4.69) is 34.9 Å². The van der Waals surface area contributed by atoms with Crippen molar-refractivity contribution < 1.29 is 24.2 Å². The van der Waals surface area contributed by atoms with Crippen molar-refractivity contribution in [3.05, 3.63) is 59.7 Å². The van der Waals surface area contributed by atoms with Crippen LogP contribution in [-0.4, -0.2) is 41.8 Å². The summed E-state index contributed by atoms with van der Waals surface area (Å²) in [5.74, 6) is -1.34. The average molecular weight is 477 g/mol. The SMILES string of the molecule is O=C(N[C@H]1CC[C@@H](C(=O)N[C@H]2CCC[C@@H](C(=O)O)C2)C1)OCC1c2ccccc2-c2ccccc21. The lowest BCUT2D eigenvalue weighted by Crippen LogP contribution is -2.42. The van der Waals surface area contributed by atoms with Gasteiger partial charge in [0.2, 0.25) is 5.91 Å². The van der Waals surface area contributed by atoms with Gasteiger partial charge in [-0.1, -0.05) is 55.0 Å². The van der Waals surface area contributed by atoms with Crippen LogP contribution in [-0.2, 0) is 14.3 Å². The van der Waals surface area contributed by atoms with E-state index in [1.165, 1.54) is 22.3 Å². The summed E-state index contributed by atoms with van der Waals surface area (Å²) in [5.41, 5.74) is 4.72. The van der Waals surface area contributed by atoms with E-state index in [-0.39, 0.29) is 42.4 Å². The topological polar surface area (TPSA) is 105 Å². The van der Waals surface area contributed by atoms with Crippen LogP contribution in [0.1, 0.15) is 62.0 Å². The minimum Gasteiger partial charge on any atom is -0.481 e. The van der Waals surface area contributed by atoms with Gasteiger partial charge in [0.1, 0.15) is 6.61 Å². The molecule has 184 valence electrons. The molecule has 2 fully saturated rings. The number of carbonyl (C=O) groups excluding carboxylic acids is 2. The molecule has 7 heteroatoms. The number of hydrogen-bond acceptors (Lipinski definition) is 4. The molecule has 2 amide bonds. The Morgan fingerprint density at radius 2 is 1.43 bits per heavy atom. The normalized spacial score (nSPS) is 25.4. The fraction of sp³-hybridized carbons (Fsp3) is 0.464. The molecular weight excluding hydrogens is 444 g/mol. The summed E-state index contributed by atoms with van der Waals surface area (Å²) in [6.07, 6.45) is 4.37. The predicted molar refractivity (Wildman–Crippen MR) is 131 cm³/mol. The standard InChI is InChI=1S/C28H32N2O5/c31-26(29-19-7-5-6-18(15-19)27(32)33)17-12-13-20(14-17)30-28(34)35-16-25-23-10-3-1-8-21(23)22-9-2-4-11-24(22)25/h1-4,8-11,17-20,25H,5-7,12-16H2,(H,29,31)(H,30,34)(H,32,33)/t17-,18-,19+,20+/m1/s1. The number of amides is 2. The van der Waals surface area contributed by atoms with Gasteiger partial charge in [0.25, 0.3) is 0 Å². The van der Waals surface area contributed by atoms with Crippen molar-refractivity contribution in [3.8, 4) is 11.1 Å². The van der Waals surface area contributed by atoms with E-state index in [1.807, 2.05) is 24.3 Å². The second-order valence-electron chi connectivity index (χ2n) is 10.1. The van der Waals surface area contributed by atoms with Crippen LogP contribution in [0.25, 0.3) is 11.1 Å². The van der Waals surface area contributed by atoms with Crippen LogP contribution in [0, 0.1) is 11.8 Å². The van der Waals surface area contributed by atoms with E-state index >= 15 is 0 Å². The Bertz CT molecular complexity index is 1070. The van der Waals surface area contributed by atoms with Gasteiger partial charge in [-0.25, -0.2) is 4.79 Å². The minimum absolute atomic E-state index is 0.0142. The molecule has 0 bridgehead atoms. The predicted octanol–water partition coefficient (Wildman–Crippen LogP) is 4.45. The first-order valence-electron chi connectivity index (χ1n) is 12.6. The molecule has 0 aliphatic heterocycles. The van der Waals surface area contributed by atoms with Gasteiger partial charge in [0.15, 0.2) is 0 Å². The van der Waals surface area contributed by atoms with Crippen molar-refractivity contribution in [2.45, 2.75) is 62.9 Å². The molecule has 4 atom stereocenters. The van der Waals surface area contributed by atoms with Crippen LogP contribution in [0.5, 0.6) is 0 Å². The fourth-order valence-electron chi connectivity index (χ4n) is 6.02. The third-order valence-electron chi connectivity index (χ3n) is 7.84. The van der Waals surface area contributed by atoms with Gasteiger partial charge in [-0.05, 0) is 60.8 Å². The summed E-state index contributed by atoms with van der Waals surface area (Å²) in [4.78, 5) is 36.6. The molecule has 3 aliphatic rings. The largest absolute Gasteiger partial charge is 0.481 e. The van der Waals surface area contributed by atoms with Gasteiger partial charge in [-0.3, -0.25) is 9.59 Å². The van der Waals surface area contributed by atoms with Crippen LogP contribution in [0.4, 0.5) is 4.79 Å². The summed E-state index contributed by atoms with van der Waals surface area (Å²) in [7, 11) is 0. The molecule has 5 rings (SSSR count). The molecule has 35 heavy (non-hydrogen) atoms. The van der Waals surface area contributed by atoms with E-state index in [4.69, 9.17) is 4.74 Å². The first kappa shape index (κ1) is 23.4. The van der Waals surface area contributed by atoms with Gasteiger partial charge < -0.3 is 20.5 Å². The highest BCUT2D eigenvalue weighted by Crippen LogP contribution is 2.44. The maximum atomic E-state index is 12.8. The maximum absolute atomic E-state index is 12.8. The van der Waals surface area contributed by atoms with Crippen LogP contribution >= 0.6 is 0 Å². The van der Waals surface area contributed by atoms with Gasteiger partial charge in [-0.15, -0.1) is 0 Å². The number of carbonyl (C=O) groups is 3. The van der Waals surface area contributed by atoms with Crippen LogP contribution in [0.2, 0.25) is 0 Å². The highest BCUT2D eigenvalue weighted by atomic mass is 16.5. The van der Waals surface area contributed by atoms with E-state index < -0.39 is 12.1 Å². The third kappa shape index (κ3) is 5.04. The molecule has 2 saturated carbocycles. The number of alkyl carbamates (subject to hydrolysis) is 1. The number of carboxylic acids is 1. The number of benzene rings is 2. The Morgan fingerprint density at radius 1 is 0.800 bits per heavy atom. The maximum Gasteiger partial charge on any atom is 0.407 e. The van der Waals surface area contributed by atoms with E-state index in [0.29, 0.717) is 25.7 Å². The Kier molecular flexibility index (Phi) is 6.75. The highest BCUT2D eigenvalue weighted by molar-refractivity contribution is 5.80. The molecule has 0 spiro atoms. The van der Waals surface area contributed by atoms with E-state index in [1.54, 1.807) is 0 Å². The van der Waals surface area contributed by atoms with Crippen molar-refractivity contribution in [1.82, 2.24) is 10.6 Å². The number of carboxylic acid groups (broad SMARTS) is 1. The van der Waals surface area contributed by atoms with E-state index in [0.717, 1.165) is 19.3 Å². The smallest absolute Gasteiger partial charge is 0.407 e. The molecule has 0 heterocycles. The van der Waals surface area contributed by atoms with Crippen molar-refractivity contribution in [3.63, 3.8) is 0 Å². The Balaban J connectivity index is 1.10. The molecular formula is C28H32N2O5. The van der Waals surface area contributed by atoms with Crippen LogP contribution in [0.3, 0.4) is 0 Å². The summed E-state index contributed by atoms with van der Waals surface area (Å²) < 4.78 is 5.65. The lowest BCUT2D eigenvalue weighted by atomic mass is 9.85. The molecule has 3 aliphatic carbocycles. The molecule has 0 unspecified atom stereocenters.